The molecular weight excluding hydrogens is 238 g/mol. The van der Waals surface area contributed by atoms with Crippen molar-refractivity contribution in [3.63, 3.8) is 0 Å². The third kappa shape index (κ3) is 2.26. The zero-order valence-corrected chi connectivity index (χ0v) is 9.98. The first-order valence-electron chi connectivity index (χ1n) is 5.78. The maximum absolute atomic E-state index is 13.6. The Kier molecular flexibility index (Phi) is 3.72. The van der Waals surface area contributed by atoms with Gasteiger partial charge in [0, 0.05) is 24.5 Å². The van der Waals surface area contributed by atoms with Crippen LogP contribution in [0.5, 0.6) is 0 Å². The number of hydrogen-bond acceptors (Lipinski definition) is 2. The number of aliphatic hydroxyl groups is 1. The molecule has 1 N–H and O–H groups in total. The SMILES string of the molecule is CCCn1ccnc1C(O)c1cccc(F)c1F. The molecule has 0 fully saturated rings. The minimum atomic E-state index is -1.26. The van der Waals surface area contributed by atoms with Gasteiger partial charge in [0.25, 0.3) is 0 Å². The van der Waals surface area contributed by atoms with Gasteiger partial charge < -0.3 is 9.67 Å². The van der Waals surface area contributed by atoms with Crippen LogP contribution in [0.1, 0.15) is 30.8 Å². The van der Waals surface area contributed by atoms with Crippen LogP contribution in [0.3, 0.4) is 0 Å². The molecule has 1 aromatic carbocycles. The first kappa shape index (κ1) is 12.7. The summed E-state index contributed by atoms with van der Waals surface area (Å²) in [4.78, 5) is 4.01. The van der Waals surface area contributed by atoms with Crippen molar-refractivity contribution >= 4 is 0 Å². The van der Waals surface area contributed by atoms with Crippen molar-refractivity contribution in [3.05, 3.63) is 53.6 Å². The van der Waals surface area contributed by atoms with Crippen LogP contribution in [0, 0.1) is 11.6 Å². The van der Waals surface area contributed by atoms with Crippen LogP contribution in [0.4, 0.5) is 8.78 Å². The summed E-state index contributed by atoms with van der Waals surface area (Å²) in [6.45, 7) is 2.66. The van der Waals surface area contributed by atoms with Crippen LogP contribution < -0.4 is 0 Å². The number of aryl methyl sites for hydroxylation is 1. The van der Waals surface area contributed by atoms with Crippen molar-refractivity contribution in [3.8, 4) is 0 Å². The average Bonchev–Trinajstić information content (AvgIpc) is 2.80. The zero-order chi connectivity index (χ0) is 13.1. The average molecular weight is 252 g/mol. The van der Waals surface area contributed by atoms with E-state index in [0.29, 0.717) is 12.4 Å². The highest BCUT2D eigenvalue weighted by Crippen LogP contribution is 2.24. The van der Waals surface area contributed by atoms with Gasteiger partial charge in [-0.15, -0.1) is 0 Å². The Morgan fingerprint density at radius 2 is 2.17 bits per heavy atom. The highest BCUT2D eigenvalue weighted by molar-refractivity contribution is 5.25. The largest absolute Gasteiger partial charge is 0.380 e. The number of imidazole rings is 1. The third-order valence-electron chi connectivity index (χ3n) is 2.73. The van der Waals surface area contributed by atoms with Gasteiger partial charge in [-0.3, -0.25) is 0 Å². The number of rotatable bonds is 4. The number of benzene rings is 1. The lowest BCUT2D eigenvalue weighted by molar-refractivity contribution is 0.198. The van der Waals surface area contributed by atoms with Gasteiger partial charge in [0.15, 0.2) is 11.6 Å². The molecular formula is C13H14F2N2O. The van der Waals surface area contributed by atoms with Crippen molar-refractivity contribution in [1.82, 2.24) is 9.55 Å². The highest BCUT2D eigenvalue weighted by Gasteiger charge is 2.21. The van der Waals surface area contributed by atoms with Crippen LogP contribution in [0.2, 0.25) is 0 Å². The van der Waals surface area contributed by atoms with E-state index in [1.807, 2.05) is 6.92 Å². The molecule has 1 atom stereocenters. The quantitative estimate of drug-likeness (QED) is 0.908. The Hall–Kier alpha value is -1.75. The number of hydrogen-bond donors (Lipinski definition) is 1. The molecule has 0 saturated heterocycles. The van der Waals surface area contributed by atoms with Gasteiger partial charge in [-0.1, -0.05) is 19.1 Å². The normalized spacial score (nSPS) is 12.7. The van der Waals surface area contributed by atoms with Gasteiger partial charge >= 0.3 is 0 Å². The predicted octanol–water partition coefficient (Wildman–Crippen LogP) is 2.65. The minimum absolute atomic E-state index is 0.0986. The Morgan fingerprint density at radius 1 is 1.39 bits per heavy atom. The predicted molar refractivity (Wildman–Crippen MR) is 62.9 cm³/mol. The summed E-state index contributed by atoms with van der Waals surface area (Å²) >= 11 is 0. The second kappa shape index (κ2) is 5.27. The zero-order valence-electron chi connectivity index (χ0n) is 9.98. The van der Waals surface area contributed by atoms with Crippen molar-refractivity contribution in [2.75, 3.05) is 0 Å². The first-order valence-corrected chi connectivity index (χ1v) is 5.78. The van der Waals surface area contributed by atoms with Crippen molar-refractivity contribution < 1.29 is 13.9 Å². The molecule has 0 radical (unpaired) electrons. The van der Waals surface area contributed by atoms with E-state index in [-0.39, 0.29) is 5.56 Å². The fourth-order valence-corrected chi connectivity index (χ4v) is 1.87. The number of nitrogens with zero attached hydrogens (tertiary/aromatic N) is 2. The van der Waals surface area contributed by atoms with Crippen LogP contribution in [-0.2, 0) is 6.54 Å². The van der Waals surface area contributed by atoms with E-state index in [9.17, 15) is 13.9 Å². The van der Waals surface area contributed by atoms with Gasteiger partial charge in [-0.25, -0.2) is 13.8 Å². The summed E-state index contributed by atoms with van der Waals surface area (Å²) in [7, 11) is 0. The Morgan fingerprint density at radius 3 is 2.89 bits per heavy atom. The van der Waals surface area contributed by atoms with E-state index in [1.165, 1.54) is 18.3 Å². The Bertz CT molecular complexity index is 540. The monoisotopic (exact) mass is 252 g/mol. The fraction of sp³-hybridized carbons (Fsp3) is 0.308. The molecule has 1 heterocycles. The molecule has 0 bridgehead atoms. The molecule has 0 saturated carbocycles. The van der Waals surface area contributed by atoms with E-state index in [2.05, 4.69) is 4.98 Å². The van der Waals surface area contributed by atoms with Gasteiger partial charge in [0.2, 0.25) is 0 Å². The van der Waals surface area contributed by atoms with Crippen molar-refractivity contribution in [2.24, 2.45) is 0 Å². The third-order valence-corrected chi connectivity index (χ3v) is 2.73. The summed E-state index contributed by atoms with van der Waals surface area (Å²) < 4.78 is 28.4. The fourth-order valence-electron chi connectivity index (χ4n) is 1.87. The Balaban J connectivity index is 2.38. The van der Waals surface area contributed by atoms with Crippen molar-refractivity contribution in [1.29, 1.82) is 0 Å². The van der Waals surface area contributed by atoms with Crippen molar-refractivity contribution in [2.45, 2.75) is 26.0 Å². The number of aromatic nitrogens is 2. The Labute approximate surface area is 104 Å². The molecule has 0 spiro atoms. The maximum Gasteiger partial charge on any atom is 0.165 e. The first-order chi connectivity index (χ1) is 8.65. The van der Waals surface area contributed by atoms with E-state index >= 15 is 0 Å². The second-order valence-corrected chi connectivity index (χ2v) is 4.02. The summed E-state index contributed by atoms with van der Waals surface area (Å²) in [6.07, 6.45) is 2.84. The second-order valence-electron chi connectivity index (χ2n) is 4.02. The standard InChI is InChI=1S/C13H14F2N2O/c1-2-7-17-8-6-16-13(17)12(18)9-4-3-5-10(14)11(9)15/h3-6,8,12,18H,2,7H2,1H3. The van der Waals surface area contributed by atoms with Crippen LogP contribution >= 0.6 is 0 Å². The summed E-state index contributed by atoms with van der Waals surface area (Å²) in [5, 5.41) is 10.1. The lowest BCUT2D eigenvalue weighted by atomic mass is 10.1. The molecule has 0 aliphatic rings. The minimum Gasteiger partial charge on any atom is -0.380 e. The highest BCUT2D eigenvalue weighted by atomic mass is 19.2. The smallest absolute Gasteiger partial charge is 0.165 e. The molecule has 0 aliphatic heterocycles. The molecule has 5 heteroatoms. The molecule has 1 unspecified atom stereocenters. The van der Waals surface area contributed by atoms with E-state index in [1.54, 1.807) is 10.8 Å². The van der Waals surface area contributed by atoms with Gasteiger partial charge in [-0.05, 0) is 12.5 Å². The summed E-state index contributed by atoms with van der Waals surface area (Å²) in [5.74, 6) is -1.68. The van der Waals surface area contributed by atoms with E-state index in [4.69, 9.17) is 0 Å². The topological polar surface area (TPSA) is 38.0 Å². The van der Waals surface area contributed by atoms with Crippen LogP contribution in [-0.4, -0.2) is 14.7 Å². The van der Waals surface area contributed by atoms with Gasteiger partial charge in [0.1, 0.15) is 11.9 Å². The number of aliphatic hydroxyl groups excluding tert-OH is 1. The molecule has 18 heavy (non-hydrogen) atoms. The van der Waals surface area contributed by atoms with E-state index < -0.39 is 17.7 Å². The van der Waals surface area contributed by atoms with E-state index in [0.717, 1.165) is 12.5 Å². The van der Waals surface area contributed by atoms with Crippen LogP contribution in [0.15, 0.2) is 30.6 Å². The lowest BCUT2D eigenvalue weighted by Crippen LogP contribution is -2.11. The molecule has 0 amide bonds. The molecule has 0 aliphatic carbocycles. The summed E-state index contributed by atoms with van der Waals surface area (Å²) in [6, 6.07) is 3.74. The lowest BCUT2D eigenvalue weighted by Gasteiger charge is -2.14. The van der Waals surface area contributed by atoms with Crippen LogP contribution in [0.25, 0.3) is 0 Å². The molecule has 2 rings (SSSR count). The van der Waals surface area contributed by atoms with Gasteiger partial charge in [-0.2, -0.15) is 0 Å². The van der Waals surface area contributed by atoms with Gasteiger partial charge in [0.05, 0.1) is 0 Å². The maximum atomic E-state index is 13.6. The number of halogens is 2. The molecule has 96 valence electrons. The molecule has 3 nitrogen and oxygen atoms in total. The molecule has 2 aromatic rings. The molecule has 1 aromatic heterocycles. The summed E-state index contributed by atoms with van der Waals surface area (Å²) in [5.41, 5.74) is -0.0986.